The van der Waals surface area contributed by atoms with Gasteiger partial charge in [-0.05, 0) is 43.7 Å². The molecule has 30 heavy (non-hydrogen) atoms. The van der Waals surface area contributed by atoms with Gasteiger partial charge in [0, 0.05) is 13.1 Å². The lowest BCUT2D eigenvalue weighted by Gasteiger charge is -2.38. The van der Waals surface area contributed by atoms with Crippen molar-refractivity contribution in [2.45, 2.75) is 45.7 Å². The largest absolute Gasteiger partial charge is 0.492 e. The molecule has 1 amide bonds. The van der Waals surface area contributed by atoms with Gasteiger partial charge in [-0.3, -0.25) is 4.79 Å². The van der Waals surface area contributed by atoms with E-state index >= 15 is 0 Å². The van der Waals surface area contributed by atoms with Crippen molar-refractivity contribution in [3.05, 3.63) is 29.2 Å². The molecular formula is C21H27ClN6O2. The van der Waals surface area contributed by atoms with Crippen molar-refractivity contribution in [1.82, 2.24) is 15.0 Å². The van der Waals surface area contributed by atoms with E-state index in [2.05, 4.69) is 20.6 Å². The van der Waals surface area contributed by atoms with Crippen LogP contribution in [0.15, 0.2) is 18.3 Å². The van der Waals surface area contributed by atoms with E-state index in [0.717, 1.165) is 30.1 Å². The van der Waals surface area contributed by atoms with Crippen molar-refractivity contribution < 1.29 is 9.53 Å². The van der Waals surface area contributed by atoms with Crippen molar-refractivity contribution in [2.24, 2.45) is 11.8 Å². The van der Waals surface area contributed by atoms with Crippen LogP contribution < -0.4 is 20.3 Å². The Morgan fingerprint density at radius 3 is 2.77 bits per heavy atom. The van der Waals surface area contributed by atoms with E-state index in [1.807, 2.05) is 38.8 Å². The molecule has 0 spiro atoms. The number of hydrogen-bond donors (Lipinski definition) is 2. The maximum absolute atomic E-state index is 12.4. The van der Waals surface area contributed by atoms with Gasteiger partial charge >= 0.3 is 0 Å². The molecule has 1 aliphatic heterocycles. The van der Waals surface area contributed by atoms with Crippen LogP contribution in [-0.4, -0.2) is 46.6 Å². The van der Waals surface area contributed by atoms with Crippen molar-refractivity contribution in [3.8, 4) is 5.75 Å². The maximum atomic E-state index is 12.4. The number of fused-ring (bicyclic) bond motifs is 1. The molecule has 1 fully saturated rings. The number of likely N-dealkylation sites (N-methyl/N-ethyl adjacent to an activating group) is 1. The van der Waals surface area contributed by atoms with Crippen molar-refractivity contribution in [3.63, 3.8) is 0 Å². The third kappa shape index (κ3) is 4.14. The molecule has 1 saturated carbocycles. The molecule has 1 atom stereocenters. The van der Waals surface area contributed by atoms with E-state index in [-0.39, 0.29) is 17.9 Å². The summed E-state index contributed by atoms with van der Waals surface area (Å²) in [5.74, 6) is 2.74. The molecule has 3 heterocycles. The molecule has 2 aromatic heterocycles. The lowest BCUT2D eigenvalue weighted by Crippen LogP contribution is -2.50. The Kier molecular flexibility index (Phi) is 5.69. The Morgan fingerprint density at radius 2 is 2.10 bits per heavy atom. The highest BCUT2D eigenvalue weighted by Crippen LogP contribution is 2.35. The number of carbonyl (C=O) groups excluding carboxylic acids is 1. The molecule has 9 heteroatoms. The number of aromatic nitrogens is 3. The van der Waals surface area contributed by atoms with Gasteiger partial charge in [-0.15, -0.1) is 0 Å². The molecule has 1 unspecified atom stereocenters. The number of hydrogen-bond acceptors (Lipinski definition) is 7. The predicted octanol–water partition coefficient (Wildman–Crippen LogP) is 3.52. The standard InChI is InChI=1S/C21H27ClN6O2/c1-11(2)18-20(29)26-17-12(3)24-21(27-19(17)28(18)4)25-14-7-13(8-14)10-30-15-5-6-16(22)23-9-15/h5-6,9,11,13-14,18H,7-8,10H2,1-4H3,(H,26,29)(H,24,25,27)/t13-,14+,18?. The second kappa shape index (κ2) is 8.26. The van der Waals surface area contributed by atoms with Gasteiger partial charge in [0.2, 0.25) is 11.9 Å². The maximum Gasteiger partial charge on any atom is 0.247 e. The fourth-order valence-electron chi connectivity index (χ4n) is 4.11. The van der Waals surface area contributed by atoms with Gasteiger partial charge in [-0.2, -0.15) is 4.98 Å². The third-order valence-corrected chi connectivity index (χ3v) is 5.95. The minimum Gasteiger partial charge on any atom is -0.492 e. The first-order valence-corrected chi connectivity index (χ1v) is 10.6. The minimum absolute atomic E-state index is 0.00914. The monoisotopic (exact) mass is 430 g/mol. The third-order valence-electron chi connectivity index (χ3n) is 5.73. The van der Waals surface area contributed by atoms with E-state index < -0.39 is 0 Å². The van der Waals surface area contributed by atoms with Gasteiger partial charge in [0.05, 0.1) is 18.5 Å². The molecule has 4 rings (SSSR count). The number of ether oxygens (including phenoxy) is 1. The van der Waals surface area contributed by atoms with Crippen LogP contribution >= 0.6 is 11.6 Å². The van der Waals surface area contributed by atoms with Gasteiger partial charge in [-0.25, -0.2) is 9.97 Å². The summed E-state index contributed by atoms with van der Waals surface area (Å²) < 4.78 is 5.79. The highest BCUT2D eigenvalue weighted by atomic mass is 35.5. The quantitative estimate of drug-likeness (QED) is 0.677. The summed E-state index contributed by atoms with van der Waals surface area (Å²) in [6, 6.07) is 3.62. The Morgan fingerprint density at radius 1 is 1.33 bits per heavy atom. The number of aryl methyl sites for hydroxylation is 1. The Bertz CT molecular complexity index is 930. The SMILES string of the molecule is Cc1nc(N[C@H]2C[C@@H](COc3ccc(Cl)nc3)C2)nc2c1NC(=O)C(C(C)C)N2C. The topological polar surface area (TPSA) is 92.3 Å². The Hall–Kier alpha value is -2.61. The normalized spacial score (nSPS) is 22.9. The lowest BCUT2D eigenvalue weighted by molar-refractivity contribution is -0.118. The van der Waals surface area contributed by atoms with Crippen molar-refractivity contribution in [1.29, 1.82) is 0 Å². The van der Waals surface area contributed by atoms with Crippen molar-refractivity contribution >= 4 is 35.0 Å². The summed E-state index contributed by atoms with van der Waals surface area (Å²) in [5, 5.41) is 6.87. The Labute approximate surface area is 181 Å². The number of pyridine rings is 1. The van der Waals surface area contributed by atoms with Gasteiger partial charge < -0.3 is 20.3 Å². The summed E-state index contributed by atoms with van der Waals surface area (Å²) in [5.41, 5.74) is 1.46. The summed E-state index contributed by atoms with van der Waals surface area (Å²) in [4.78, 5) is 27.7. The minimum atomic E-state index is -0.243. The van der Waals surface area contributed by atoms with E-state index in [1.165, 1.54) is 0 Å². The van der Waals surface area contributed by atoms with E-state index in [9.17, 15) is 4.79 Å². The number of halogens is 1. The predicted molar refractivity (Wildman–Crippen MR) is 117 cm³/mol. The average Bonchev–Trinajstić information content (AvgIpc) is 2.65. The molecule has 160 valence electrons. The first kappa shape index (κ1) is 20.7. The molecule has 0 radical (unpaired) electrons. The number of nitrogens with one attached hydrogen (secondary N) is 2. The zero-order valence-corrected chi connectivity index (χ0v) is 18.4. The number of carbonyl (C=O) groups is 1. The van der Waals surface area contributed by atoms with Gasteiger partial charge in [0.1, 0.15) is 22.6 Å². The first-order chi connectivity index (χ1) is 14.3. The van der Waals surface area contributed by atoms with Crippen LogP contribution in [0.25, 0.3) is 0 Å². The number of rotatable bonds is 6. The number of amides is 1. The highest BCUT2D eigenvalue weighted by molar-refractivity contribution is 6.29. The summed E-state index contributed by atoms with van der Waals surface area (Å²) >= 11 is 5.79. The molecule has 1 aliphatic carbocycles. The van der Waals surface area contributed by atoms with E-state index in [0.29, 0.717) is 35.4 Å². The molecule has 8 nitrogen and oxygen atoms in total. The van der Waals surface area contributed by atoms with Gasteiger partial charge in [0.15, 0.2) is 5.82 Å². The van der Waals surface area contributed by atoms with Crippen LogP contribution in [0, 0.1) is 18.8 Å². The molecule has 2 N–H and O–H groups in total. The van der Waals surface area contributed by atoms with Crippen LogP contribution in [0.5, 0.6) is 5.75 Å². The molecule has 2 aromatic rings. The Balaban J connectivity index is 1.36. The van der Waals surface area contributed by atoms with E-state index in [1.54, 1.807) is 12.3 Å². The van der Waals surface area contributed by atoms with E-state index in [4.69, 9.17) is 21.3 Å². The summed E-state index contributed by atoms with van der Waals surface area (Å²) in [7, 11) is 1.92. The summed E-state index contributed by atoms with van der Waals surface area (Å²) in [6.45, 7) is 6.62. The highest BCUT2D eigenvalue weighted by Gasteiger charge is 2.36. The van der Waals surface area contributed by atoms with Crippen LogP contribution in [0.2, 0.25) is 5.15 Å². The zero-order chi connectivity index (χ0) is 21.4. The number of nitrogens with zero attached hydrogens (tertiary/aromatic N) is 4. The second-order valence-electron chi connectivity index (χ2n) is 8.43. The molecule has 0 saturated heterocycles. The first-order valence-electron chi connectivity index (χ1n) is 10.2. The van der Waals surface area contributed by atoms with Crippen LogP contribution in [-0.2, 0) is 4.79 Å². The molecule has 2 aliphatic rings. The number of anilines is 3. The van der Waals surface area contributed by atoms with Crippen LogP contribution in [0.4, 0.5) is 17.5 Å². The fraction of sp³-hybridized carbons (Fsp3) is 0.524. The zero-order valence-electron chi connectivity index (χ0n) is 17.6. The molecule has 0 aromatic carbocycles. The van der Waals surface area contributed by atoms with Crippen LogP contribution in [0.3, 0.4) is 0 Å². The van der Waals surface area contributed by atoms with Gasteiger partial charge in [0.25, 0.3) is 0 Å². The van der Waals surface area contributed by atoms with Gasteiger partial charge in [-0.1, -0.05) is 25.4 Å². The second-order valence-corrected chi connectivity index (χ2v) is 8.81. The average molecular weight is 431 g/mol. The fourth-order valence-corrected chi connectivity index (χ4v) is 4.22. The van der Waals surface area contributed by atoms with Crippen molar-refractivity contribution in [2.75, 3.05) is 29.2 Å². The van der Waals surface area contributed by atoms with Crippen LogP contribution in [0.1, 0.15) is 32.4 Å². The smallest absolute Gasteiger partial charge is 0.247 e. The molecule has 0 bridgehead atoms. The lowest BCUT2D eigenvalue weighted by atomic mass is 9.81. The molecular weight excluding hydrogens is 404 g/mol. The summed E-state index contributed by atoms with van der Waals surface area (Å²) in [6.07, 6.45) is 3.61.